The minimum atomic E-state index is -0.522. The van der Waals surface area contributed by atoms with E-state index < -0.39 is 11.7 Å². The number of anilines is 1. The van der Waals surface area contributed by atoms with E-state index in [9.17, 15) is 9.59 Å². The van der Waals surface area contributed by atoms with Gasteiger partial charge in [0, 0.05) is 26.7 Å². The molecule has 7 heteroatoms. The van der Waals surface area contributed by atoms with Crippen LogP contribution in [0.25, 0.3) is 0 Å². The predicted molar refractivity (Wildman–Crippen MR) is 106 cm³/mol. The molecule has 7 nitrogen and oxygen atoms in total. The first-order chi connectivity index (χ1) is 13.2. The maximum atomic E-state index is 12.6. The second kappa shape index (κ2) is 7.99. The first-order valence-corrected chi connectivity index (χ1v) is 9.80. The van der Waals surface area contributed by atoms with Crippen LogP contribution in [-0.4, -0.2) is 62.0 Å². The number of ether oxygens (including phenoxy) is 3. The lowest BCUT2D eigenvalue weighted by Crippen LogP contribution is -2.46. The molecule has 2 heterocycles. The van der Waals surface area contributed by atoms with Gasteiger partial charge in [-0.05, 0) is 63.8 Å². The molecule has 2 aliphatic rings. The highest BCUT2D eigenvalue weighted by Gasteiger charge is 2.33. The number of nitrogens with zero attached hydrogens (tertiary/aromatic N) is 2. The van der Waals surface area contributed by atoms with E-state index >= 15 is 0 Å². The minimum absolute atomic E-state index is 0.0616. The van der Waals surface area contributed by atoms with Crippen molar-refractivity contribution in [2.75, 3.05) is 38.3 Å². The summed E-state index contributed by atoms with van der Waals surface area (Å²) >= 11 is 0. The number of hydrogen-bond donors (Lipinski definition) is 0. The molecule has 0 spiro atoms. The molecule has 2 aliphatic heterocycles. The molecule has 3 rings (SSSR count). The maximum absolute atomic E-state index is 12.6. The van der Waals surface area contributed by atoms with E-state index in [0.29, 0.717) is 38.4 Å². The van der Waals surface area contributed by atoms with Crippen molar-refractivity contribution in [2.45, 2.75) is 52.2 Å². The minimum Gasteiger partial charge on any atom is -0.479 e. The summed E-state index contributed by atoms with van der Waals surface area (Å²) in [5.74, 6) is 0.654. The van der Waals surface area contributed by atoms with Crippen molar-refractivity contribution in [1.29, 1.82) is 0 Å². The molecule has 1 atom stereocenters. The Balaban J connectivity index is 1.83. The zero-order valence-corrected chi connectivity index (χ0v) is 17.4. The molecule has 0 aromatic heterocycles. The summed E-state index contributed by atoms with van der Waals surface area (Å²) in [7, 11) is 1.62. The molecule has 0 fully saturated rings. The SMILES string of the molecule is COCCN1C(=O)C(C)Oc2cc3c(cc21)CCN(C(=O)OC(C)(C)C)CC3. The Labute approximate surface area is 166 Å². The standard InChI is InChI=1S/C21H30N2O5/c1-14-19(24)23(10-11-26-5)17-12-15-6-8-22(20(25)28-21(2,3)4)9-7-16(15)13-18(17)27-14/h12-14H,6-11H2,1-5H3. The van der Waals surface area contributed by atoms with Crippen LogP contribution in [-0.2, 0) is 27.1 Å². The molecular weight excluding hydrogens is 360 g/mol. The predicted octanol–water partition coefficient (Wildman–Crippen LogP) is 2.78. The van der Waals surface area contributed by atoms with Crippen molar-refractivity contribution in [2.24, 2.45) is 0 Å². The van der Waals surface area contributed by atoms with Crippen molar-refractivity contribution in [3.63, 3.8) is 0 Å². The lowest BCUT2D eigenvalue weighted by atomic mass is 10.00. The van der Waals surface area contributed by atoms with Gasteiger partial charge in [-0.3, -0.25) is 4.79 Å². The molecule has 0 aliphatic carbocycles. The summed E-state index contributed by atoms with van der Waals surface area (Å²) in [6.45, 7) is 9.51. The van der Waals surface area contributed by atoms with Crippen LogP contribution in [0.4, 0.5) is 10.5 Å². The molecule has 2 amide bonds. The van der Waals surface area contributed by atoms with E-state index in [0.717, 1.165) is 23.2 Å². The molecule has 28 heavy (non-hydrogen) atoms. The van der Waals surface area contributed by atoms with Gasteiger partial charge in [0.05, 0.1) is 12.3 Å². The number of carbonyl (C=O) groups excluding carboxylic acids is 2. The molecule has 0 saturated heterocycles. The van der Waals surface area contributed by atoms with Gasteiger partial charge in [-0.15, -0.1) is 0 Å². The quantitative estimate of drug-likeness (QED) is 0.794. The Morgan fingerprint density at radius 2 is 1.86 bits per heavy atom. The van der Waals surface area contributed by atoms with Gasteiger partial charge in [0.25, 0.3) is 5.91 Å². The summed E-state index contributed by atoms with van der Waals surface area (Å²) in [4.78, 5) is 28.5. The highest BCUT2D eigenvalue weighted by atomic mass is 16.6. The summed E-state index contributed by atoms with van der Waals surface area (Å²) in [6, 6.07) is 4.05. The highest BCUT2D eigenvalue weighted by molar-refractivity contribution is 6.00. The van der Waals surface area contributed by atoms with E-state index in [1.165, 1.54) is 0 Å². The van der Waals surface area contributed by atoms with E-state index in [1.54, 1.807) is 23.8 Å². The van der Waals surface area contributed by atoms with Gasteiger partial charge in [-0.25, -0.2) is 4.79 Å². The fourth-order valence-corrected chi connectivity index (χ4v) is 3.55. The highest BCUT2D eigenvalue weighted by Crippen LogP contribution is 2.37. The normalized spacial score (nSPS) is 19.5. The zero-order chi connectivity index (χ0) is 20.5. The Morgan fingerprint density at radius 1 is 1.21 bits per heavy atom. The molecule has 0 N–H and O–H groups in total. The maximum Gasteiger partial charge on any atom is 0.410 e. The molecule has 1 aromatic carbocycles. The third-order valence-corrected chi connectivity index (χ3v) is 4.96. The summed E-state index contributed by atoms with van der Waals surface area (Å²) in [5, 5.41) is 0. The molecule has 0 bridgehead atoms. The fraction of sp³-hybridized carbons (Fsp3) is 0.619. The monoisotopic (exact) mass is 390 g/mol. The summed E-state index contributed by atoms with van der Waals surface area (Å²) in [6.07, 6.45) is 0.633. The van der Waals surface area contributed by atoms with Crippen LogP contribution in [0.5, 0.6) is 5.75 Å². The van der Waals surface area contributed by atoms with Crippen molar-refractivity contribution in [1.82, 2.24) is 4.90 Å². The van der Waals surface area contributed by atoms with Crippen molar-refractivity contribution in [3.05, 3.63) is 23.3 Å². The van der Waals surface area contributed by atoms with Crippen LogP contribution < -0.4 is 9.64 Å². The molecule has 154 valence electrons. The number of benzene rings is 1. The van der Waals surface area contributed by atoms with E-state index in [2.05, 4.69) is 0 Å². The van der Waals surface area contributed by atoms with Gasteiger partial charge in [0.2, 0.25) is 0 Å². The summed E-state index contributed by atoms with van der Waals surface area (Å²) in [5.41, 5.74) is 2.56. The Bertz CT molecular complexity index is 756. The van der Waals surface area contributed by atoms with Crippen molar-refractivity contribution in [3.8, 4) is 5.75 Å². The third-order valence-electron chi connectivity index (χ3n) is 4.96. The second-order valence-electron chi connectivity index (χ2n) is 8.30. The van der Waals surface area contributed by atoms with Crippen LogP contribution in [0, 0.1) is 0 Å². The second-order valence-corrected chi connectivity index (χ2v) is 8.30. The van der Waals surface area contributed by atoms with Gasteiger partial charge in [-0.2, -0.15) is 0 Å². The molecule has 0 saturated carbocycles. The fourth-order valence-electron chi connectivity index (χ4n) is 3.55. The first-order valence-electron chi connectivity index (χ1n) is 9.80. The van der Waals surface area contributed by atoms with Gasteiger partial charge < -0.3 is 24.0 Å². The zero-order valence-electron chi connectivity index (χ0n) is 17.4. The van der Waals surface area contributed by atoms with Crippen molar-refractivity contribution < 1.29 is 23.8 Å². The molecular formula is C21H30N2O5. The van der Waals surface area contributed by atoms with Crippen LogP contribution >= 0.6 is 0 Å². The average molecular weight is 390 g/mol. The number of amides is 2. The Hall–Kier alpha value is -2.28. The molecule has 1 aromatic rings. The number of rotatable bonds is 3. The van der Waals surface area contributed by atoms with Gasteiger partial charge >= 0.3 is 6.09 Å². The molecule has 1 unspecified atom stereocenters. The lowest BCUT2D eigenvalue weighted by molar-refractivity contribution is -0.125. The Morgan fingerprint density at radius 3 is 2.46 bits per heavy atom. The number of methoxy groups -OCH3 is 1. The molecule has 0 radical (unpaired) electrons. The third kappa shape index (κ3) is 4.41. The van der Waals surface area contributed by atoms with Crippen LogP contribution in [0.15, 0.2) is 12.1 Å². The van der Waals surface area contributed by atoms with E-state index in [4.69, 9.17) is 14.2 Å². The van der Waals surface area contributed by atoms with E-state index in [1.807, 2.05) is 32.9 Å². The number of hydrogen-bond acceptors (Lipinski definition) is 5. The van der Waals surface area contributed by atoms with Crippen LogP contribution in [0.1, 0.15) is 38.8 Å². The largest absolute Gasteiger partial charge is 0.479 e. The first kappa shape index (κ1) is 20.5. The van der Waals surface area contributed by atoms with Gasteiger partial charge in [-0.1, -0.05) is 0 Å². The smallest absolute Gasteiger partial charge is 0.410 e. The number of carbonyl (C=O) groups is 2. The average Bonchev–Trinajstić information content (AvgIpc) is 2.81. The topological polar surface area (TPSA) is 68.3 Å². The van der Waals surface area contributed by atoms with E-state index in [-0.39, 0.29) is 12.0 Å². The number of fused-ring (bicyclic) bond motifs is 2. The Kier molecular flexibility index (Phi) is 5.84. The van der Waals surface area contributed by atoms with Crippen LogP contribution in [0.3, 0.4) is 0 Å². The lowest BCUT2D eigenvalue weighted by Gasteiger charge is -2.33. The van der Waals surface area contributed by atoms with Gasteiger partial charge in [0.15, 0.2) is 6.10 Å². The van der Waals surface area contributed by atoms with Crippen molar-refractivity contribution >= 4 is 17.7 Å². The summed E-state index contributed by atoms with van der Waals surface area (Å²) < 4.78 is 16.5. The van der Waals surface area contributed by atoms with Crippen LogP contribution in [0.2, 0.25) is 0 Å². The van der Waals surface area contributed by atoms with Gasteiger partial charge in [0.1, 0.15) is 11.4 Å².